The average molecular weight is 208 g/mol. The Morgan fingerprint density at radius 3 is 2.00 bits per heavy atom. The first-order chi connectivity index (χ1) is 7.06. The van der Waals surface area contributed by atoms with E-state index in [1.165, 1.54) is 32.1 Å². The van der Waals surface area contributed by atoms with Crippen LogP contribution in [0.3, 0.4) is 0 Å². The van der Waals surface area contributed by atoms with Crippen molar-refractivity contribution in [2.75, 3.05) is 0 Å². The lowest BCUT2D eigenvalue weighted by molar-refractivity contribution is 0.367. The normalized spacial score (nSPS) is 13.1. The molecule has 0 spiro atoms. The lowest BCUT2D eigenvalue weighted by atomic mass is 9.90. The smallest absolute Gasteiger partial charge is 0.0169 e. The number of hydrogen-bond donors (Lipinski definition) is 0. The fourth-order valence-electron chi connectivity index (χ4n) is 1.42. The van der Waals surface area contributed by atoms with E-state index in [0.717, 1.165) is 6.42 Å². The number of allylic oxidation sites excluding steroid dienone is 4. The monoisotopic (exact) mass is 208 g/mol. The topological polar surface area (TPSA) is 0 Å². The molecule has 0 aromatic heterocycles. The van der Waals surface area contributed by atoms with Gasteiger partial charge in [0.25, 0.3) is 0 Å². The minimum atomic E-state index is 0.495. The molecule has 0 fully saturated rings. The fourth-order valence-corrected chi connectivity index (χ4v) is 1.42. The molecule has 0 saturated heterocycles. The van der Waals surface area contributed by atoms with Gasteiger partial charge in [0.2, 0.25) is 0 Å². The van der Waals surface area contributed by atoms with Crippen LogP contribution in [-0.4, -0.2) is 0 Å². The molecule has 0 unspecified atom stereocenters. The summed E-state index contributed by atoms with van der Waals surface area (Å²) < 4.78 is 0. The van der Waals surface area contributed by atoms with E-state index in [2.05, 4.69) is 52.0 Å². The Morgan fingerprint density at radius 1 is 0.867 bits per heavy atom. The predicted octanol–water partition coefficient (Wildman–Crippen LogP) is 5.51. The first kappa shape index (κ1) is 14.5. The Hall–Kier alpha value is -0.520. The van der Waals surface area contributed by atoms with Crippen molar-refractivity contribution in [1.82, 2.24) is 0 Å². The number of hydrogen-bond acceptors (Lipinski definition) is 0. The molecule has 0 aromatic carbocycles. The zero-order chi connectivity index (χ0) is 11.6. The molecule has 0 nitrogen and oxygen atoms in total. The van der Waals surface area contributed by atoms with Gasteiger partial charge in [-0.25, -0.2) is 0 Å². The highest BCUT2D eigenvalue weighted by Gasteiger charge is 2.07. The van der Waals surface area contributed by atoms with E-state index in [-0.39, 0.29) is 0 Å². The Morgan fingerprint density at radius 2 is 1.47 bits per heavy atom. The van der Waals surface area contributed by atoms with Crippen molar-refractivity contribution in [3.8, 4) is 0 Å². The Bertz CT molecular complexity index is 179. The maximum Gasteiger partial charge on any atom is -0.0169 e. The molecular weight excluding hydrogens is 180 g/mol. The minimum Gasteiger partial charge on any atom is -0.0882 e. The zero-order valence-corrected chi connectivity index (χ0v) is 11.1. The van der Waals surface area contributed by atoms with Crippen molar-refractivity contribution in [2.45, 2.75) is 66.2 Å². The first-order valence-electron chi connectivity index (χ1n) is 6.36. The van der Waals surface area contributed by atoms with Gasteiger partial charge in [-0.15, -0.1) is 0 Å². The summed E-state index contributed by atoms with van der Waals surface area (Å²) in [7, 11) is 0. The fraction of sp³-hybridized carbons (Fsp3) is 0.733. The number of rotatable bonds is 7. The van der Waals surface area contributed by atoms with Gasteiger partial charge in [0.05, 0.1) is 0 Å². The predicted molar refractivity (Wildman–Crippen MR) is 71.1 cm³/mol. The van der Waals surface area contributed by atoms with Crippen molar-refractivity contribution >= 4 is 0 Å². The standard InChI is InChI=1S/C15H28/c1-5-6-7-8-9-10-11-12-13-14-15(2,3)4/h7-8,10-11H,5-6,9,12-14H2,1-4H3/b8-7-,11-10-. The van der Waals surface area contributed by atoms with Crippen LogP contribution in [0.5, 0.6) is 0 Å². The van der Waals surface area contributed by atoms with Gasteiger partial charge in [-0.3, -0.25) is 0 Å². The van der Waals surface area contributed by atoms with Crippen LogP contribution in [0.2, 0.25) is 0 Å². The van der Waals surface area contributed by atoms with Crippen molar-refractivity contribution < 1.29 is 0 Å². The van der Waals surface area contributed by atoms with Gasteiger partial charge in [0.1, 0.15) is 0 Å². The molecule has 0 amide bonds. The summed E-state index contributed by atoms with van der Waals surface area (Å²) in [6.07, 6.45) is 16.6. The van der Waals surface area contributed by atoms with Crippen LogP contribution in [0.25, 0.3) is 0 Å². The number of unbranched alkanes of at least 4 members (excludes halogenated alkanes) is 2. The molecule has 0 N–H and O–H groups in total. The highest BCUT2D eigenvalue weighted by Crippen LogP contribution is 2.21. The lowest BCUT2D eigenvalue weighted by Gasteiger charge is -2.16. The first-order valence-corrected chi connectivity index (χ1v) is 6.36. The van der Waals surface area contributed by atoms with E-state index in [4.69, 9.17) is 0 Å². The molecule has 0 radical (unpaired) electrons. The van der Waals surface area contributed by atoms with Gasteiger partial charge in [0.15, 0.2) is 0 Å². The molecule has 0 atom stereocenters. The van der Waals surface area contributed by atoms with Crippen molar-refractivity contribution in [3.05, 3.63) is 24.3 Å². The van der Waals surface area contributed by atoms with Crippen LogP contribution in [0.4, 0.5) is 0 Å². The zero-order valence-electron chi connectivity index (χ0n) is 11.1. The van der Waals surface area contributed by atoms with E-state index in [0.29, 0.717) is 5.41 Å². The molecule has 0 aliphatic heterocycles. The van der Waals surface area contributed by atoms with Crippen LogP contribution in [0.15, 0.2) is 24.3 Å². The van der Waals surface area contributed by atoms with Gasteiger partial charge >= 0.3 is 0 Å². The van der Waals surface area contributed by atoms with Gasteiger partial charge in [-0.05, 0) is 37.5 Å². The third-order valence-corrected chi connectivity index (χ3v) is 2.36. The Balaban J connectivity index is 3.32. The van der Waals surface area contributed by atoms with Gasteiger partial charge in [0, 0.05) is 0 Å². The van der Waals surface area contributed by atoms with Crippen LogP contribution in [0, 0.1) is 5.41 Å². The average Bonchev–Trinajstić information content (AvgIpc) is 2.14. The maximum atomic E-state index is 2.32. The molecule has 0 saturated carbocycles. The summed E-state index contributed by atoms with van der Waals surface area (Å²) in [4.78, 5) is 0. The van der Waals surface area contributed by atoms with E-state index in [1.54, 1.807) is 0 Å². The Kier molecular flexibility index (Phi) is 8.46. The van der Waals surface area contributed by atoms with Crippen LogP contribution < -0.4 is 0 Å². The summed E-state index contributed by atoms with van der Waals surface area (Å²) in [5, 5.41) is 0. The van der Waals surface area contributed by atoms with E-state index >= 15 is 0 Å². The van der Waals surface area contributed by atoms with Gasteiger partial charge < -0.3 is 0 Å². The third-order valence-electron chi connectivity index (χ3n) is 2.36. The molecule has 88 valence electrons. The summed E-state index contributed by atoms with van der Waals surface area (Å²) >= 11 is 0. The molecule has 0 bridgehead atoms. The van der Waals surface area contributed by atoms with Crippen molar-refractivity contribution in [3.63, 3.8) is 0 Å². The summed E-state index contributed by atoms with van der Waals surface area (Å²) in [5.41, 5.74) is 0.495. The summed E-state index contributed by atoms with van der Waals surface area (Å²) in [5.74, 6) is 0. The van der Waals surface area contributed by atoms with Crippen molar-refractivity contribution in [2.24, 2.45) is 5.41 Å². The summed E-state index contributed by atoms with van der Waals surface area (Å²) in [6.45, 7) is 9.14. The van der Waals surface area contributed by atoms with E-state index in [1.807, 2.05) is 0 Å². The Labute approximate surface area is 96.5 Å². The van der Waals surface area contributed by atoms with Crippen LogP contribution in [-0.2, 0) is 0 Å². The molecule has 0 rings (SSSR count). The molecule has 0 aromatic rings. The van der Waals surface area contributed by atoms with E-state index in [9.17, 15) is 0 Å². The van der Waals surface area contributed by atoms with Crippen LogP contribution >= 0.6 is 0 Å². The molecule has 0 heteroatoms. The second-order valence-electron chi connectivity index (χ2n) is 5.42. The van der Waals surface area contributed by atoms with Crippen LogP contribution in [0.1, 0.15) is 66.2 Å². The molecule has 15 heavy (non-hydrogen) atoms. The van der Waals surface area contributed by atoms with Gasteiger partial charge in [-0.1, -0.05) is 58.4 Å². The molecule has 0 aliphatic rings. The molecule has 0 aliphatic carbocycles. The maximum absolute atomic E-state index is 2.32. The molecule has 0 heterocycles. The van der Waals surface area contributed by atoms with Crippen molar-refractivity contribution in [1.29, 1.82) is 0 Å². The highest BCUT2D eigenvalue weighted by atomic mass is 14.1. The summed E-state index contributed by atoms with van der Waals surface area (Å²) in [6, 6.07) is 0. The SMILES string of the molecule is CCC/C=C\C/C=C\CCCC(C)(C)C. The quantitative estimate of drug-likeness (QED) is 0.382. The van der Waals surface area contributed by atoms with Gasteiger partial charge in [-0.2, -0.15) is 0 Å². The molecular formula is C15H28. The lowest BCUT2D eigenvalue weighted by Crippen LogP contribution is -2.03. The second kappa shape index (κ2) is 8.76. The second-order valence-corrected chi connectivity index (χ2v) is 5.42. The van der Waals surface area contributed by atoms with E-state index < -0.39 is 0 Å². The highest BCUT2D eigenvalue weighted by molar-refractivity contribution is 4.92. The minimum absolute atomic E-state index is 0.495. The third kappa shape index (κ3) is 13.5. The largest absolute Gasteiger partial charge is 0.0882 e.